The third kappa shape index (κ3) is 7.70. The number of piperidine rings is 1. The maximum atomic E-state index is 12.1. The molecular weight excluding hydrogens is 380 g/mol. The Labute approximate surface area is 180 Å². The molecule has 2 aliphatic heterocycles. The minimum absolute atomic E-state index is 0.223. The highest BCUT2D eigenvalue weighted by Gasteiger charge is 2.26. The van der Waals surface area contributed by atoms with Crippen LogP contribution in [-0.2, 0) is 16.1 Å². The van der Waals surface area contributed by atoms with E-state index < -0.39 is 6.03 Å². The Bertz CT molecular complexity index is 666. The molecule has 0 spiro atoms. The van der Waals surface area contributed by atoms with E-state index in [1.807, 2.05) is 30.3 Å². The van der Waals surface area contributed by atoms with E-state index >= 15 is 0 Å². The third-order valence-corrected chi connectivity index (χ3v) is 5.92. The van der Waals surface area contributed by atoms with Gasteiger partial charge in [0.25, 0.3) is 0 Å². The van der Waals surface area contributed by atoms with Crippen LogP contribution in [0.2, 0.25) is 0 Å². The number of urea groups is 1. The van der Waals surface area contributed by atoms with Gasteiger partial charge in [0.2, 0.25) is 5.91 Å². The van der Waals surface area contributed by atoms with Crippen LogP contribution in [0.15, 0.2) is 30.3 Å². The van der Waals surface area contributed by atoms with Gasteiger partial charge in [0.1, 0.15) is 0 Å². The van der Waals surface area contributed by atoms with Crippen molar-refractivity contribution in [3.8, 4) is 0 Å². The Morgan fingerprint density at radius 1 is 1.03 bits per heavy atom. The molecular formula is C23H36N4O3. The zero-order valence-electron chi connectivity index (χ0n) is 18.3. The van der Waals surface area contributed by atoms with Crippen LogP contribution >= 0.6 is 0 Å². The number of carbonyl (C=O) groups excluding carboxylic acids is 2. The molecule has 2 fully saturated rings. The number of benzene rings is 1. The van der Waals surface area contributed by atoms with E-state index in [4.69, 9.17) is 4.74 Å². The number of hydrogen-bond donors (Lipinski definition) is 2. The van der Waals surface area contributed by atoms with Crippen LogP contribution in [0.5, 0.6) is 0 Å². The standard InChI is InChI=1S/C23H36N4O3/c1-18-15-27(16-19(2)30-18)17-21-8-11-26(12-9-21)13-10-22(28)25-23(29)24-14-20-6-4-3-5-7-20/h3-7,18-19,21H,8-17H2,1-2H3,(H2,24,25,28,29). The Kier molecular flexibility index (Phi) is 8.66. The van der Waals surface area contributed by atoms with Gasteiger partial charge < -0.3 is 15.0 Å². The number of hydrogen-bond acceptors (Lipinski definition) is 5. The van der Waals surface area contributed by atoms with Crippen LogP contribution in [0.3, 0.4) is 0 Å². The Balaban J connectivity index is 1.27. The van der Waals surface area contributed by atoms with Crippen molar-refractivity contribution in [2.45, 2.75) is 51.9 Å². The minimum atomic E-state index is -0.434. The summed E-state index contributed by atoms with van der Waals surface area (Å²) in [5.41, 5.74) is 1.00. The first-order valence-electron chi connectivity index (χ1n) is 11.2. The summed E-state index contributed by atoms with van der Waals surface area (Å²) in [4.78, 5) is 28.8. The topological polar surface area (TPSA) is 73.9 Å². The molecule has 0 saturated carbocycles. The zero-order chi connectivity index (χ0) is 21.3. The number of rotatable bonds is 7. The van der Waals surface area contributed by atoms with Crippen LogP contribution in [0.1, 0.15) is 38.7 Å². The quantitative estimate of drug-likeness (QED) is 0.713. The average Bonchev–Trinajstić information content (AvgIpc) is 2.72. The first kappa shape index (κ1) is 22.7. The molecule has 3 rings (SSSR count). The van der Waals surface area contributed by atoms with E-state index in [0.717, 1.165) is 44.2 Å². The van der Waals surface area contributed by atoms with E-state index in [2.05, 4.69) is 34.3 Å². The SMILES string of the molecule is CC1CN(CC2CCN(CCC(=O)NC(=O)NCc3ccccc3)CC2)CC(C)O1. The van der Waals surface area contributed by atoms with Gasteiger partial charge in [-0.25, -0.2) is 4.79 Å². The van der Waals surface area contributed by atoms with Gasteiger partial charge in [-0.2, -0.15) is 0 Å². The van der Waals surface area contributed by atoms with E-state index in [9.17, 15) is 9.59 Å². The van der Waals surface area contributed by atoms with Crippen molar-refractivity contribution in [1.29, 1.82) is 0 Å². The first-order chi connectivity index (χ1) is 14.5. The number of amides is 3. The Morgan fingerprint density at radius 3 is 2.37 bits per heavy atom. The maximum Gasteiger partial charge on any atom is 0.321 e. The predicted octanol–water partition coefficient (Wildman–Crippen LogP) is 2.22. The lowest BCUT2D eigenvalue weighted by Gasteiger charge is -2.39. The first-order valence-corrected chi connectivity index (χ1v) is 11.2. The molecule has 2 aliphatic rings. The van der Waals surface area contributed by atoms with Crippen molar-refractivity contribution in [2.24, 2.45) is 5.92 Å². The van der Waals surface area contributed by atoms with Gasteiger partial charge in [-0.15, -0.1) is 0 Å². The molecule has 0 bridgehead atoms. The summed E-state index contributed by atoms with van der Waals surface area (Å²) in [7, 11) is 0. The number of nitrogens with zero attached hydrogens (tertiary/aromatic N) is 2. The largest absolute Gasteiger partial charge is 0.373 e. The lowest BCUT2D eigenvalue weighted by Crippen LogP contribution is -2.48. The third-order valence-electron chi connectivity index (χ3n) is 5.92. The highest BCUT2D eigenvalue weighted by molar-refractivity contribution is 5.94. The molecule has 0 radical (unpaired) electrons. The van der Waals surface area contributed by atoms with Gasteiger partial charge in [-0.05, 0) is 51.3 Å². The number of morpholine rings is 1. The second-order valence-corrected chi connectivity index (χ2v) is 8.73. The second kappa shape index (κ2) is 11.4. The monoisotopic (exact) mass is 416 g/mol. The van der Waals surface area contributed by atoms with Crippen molar-refractivity contribution < 1.29 is 14.3 Å². The summed E-state index contributed by atoms with van der Waals surface area (Å²) in [5, 5.41) is 5.15. The van der Waals surface area contributed by atoms with E-state index in [-0.39, 0.29) is 5.91 Å². The fraction of sp³-hybridized carbons (Fsp3) is 0.652. The van der Waals surface area contributed by atoms with Gasteiger partial charge in [-0.1, -0.05) is 30.3 Å². The molecule has 7 heteroatoms. The molecule has 3 amide bonds. The summed E-state index contributed by atoms with van der Waals surface area (Å²) in [6.07, 6.45) is 3.31. The van der Waals surface area contributed by atoms with Crippen molar-refractivity contribution >= 4 is 11.9 Å². The van der Waals surface area contributed by atoms with E-state index in [0.29, 0.717) is 31.7 Å². The van der Waals surface area contributed by atoms with Crippen molar-refractivity contribution in [2.75, 3.05) is 39.3 Å². The zero-order valence-corrected chi connectivity index (χ0v) is 18.3. The average molecular weight is 417 g/mol. The molecule has 2 saturated heterocycles. The second-order valence-electron chi connectivity index (χ2n) is 8.73. The van der Waals surface area contributed by atoms with Gasteiger partial charge in [0.15, 0.2) is 0 Å². The summed E-state index contributed by atoms with van der Waals surface area (Å²) in [6.45, 7) is 10.7. The summed E-state index contributed by atoms with van der Waals surface area (Å²) < 4.78 is 5.83. The summed E-state index contributed by atoms with van der Waals surface area (Å²) in [6, 6.07) is 9.21. The van der Waals surface area contributed by atoms with Crippen LogP contribution in [0.25, 0.3) is 0 Å². The molecule has 1 aromatic carbocycles. The van der Waals surface area contributed by atoms with Crippen molar-refractivity contribution in [3.63, 3.8) is 0 Å². The summed E-state index contributed by atoms with van der Waals surface area (Å²) in [5.74, 6) is 0.496. The van der Waals surface area contributed by atoms with Gasteiger partial charge in [0.05, 0.1) is 12.2 Å². The maximum absolute atomic E-state index is 12.1. The van der Waals surface area contributed by atoms with Crippen molar-refractivity contribution in [1.82, 2.24) is 20.4 Å². The number of likely N-dealkylation sites (tertiary alicyclic amines) is 1. The molecule has 2 unspecified atom stereocenters. The van der Waals surface area contributed by atoms with Crippen LogP contribution in [0, 0.1) is 5.92 Å². The van der Waals surface area contributed by atoms with Gasteiger partial charge >= 0.3 is 6.03 Å². The molecule has 30 heavy (non-hydrogen) atoms. The van der Waals surface area contributed by atoms with Crippen molar-refractivity contribution in [3.05, 3.63) is 35.9 Å². The van der Waals surface area contributed by atoms with Crippen LogP contribution in [-0.4, -0.2) is 73.2 Å². The number of imide groups is 1. The highest BCUT2D eigenvalue weighted by atomic mass is 16.5. The molecule has 1 aromatic rings. The molecule has 7 nitrogen and oxygen atoms in total. The molecule has 0 aromatic heterocycles. The molecule has 2 heterocycles. The smallest absolute Gasteiger partial charge is 0.321 e. The van der Waals surface area contributed by atoms with Crippen LogP contribution < -0.4 is 10.6 Å². The number of ether oxygens (including phenoxy) is 1. The van der Waals surface area contributed by atoms with Crippen LogP contribution in [0.4, 0.5) is 4.79 Å². The molecule has 2 atom stereocenters. The normalized spacial score (nSPS) is 23.8. The number of carbonyl (C=O) groups is 2. The fourth-order valence-corrected chi connectivity index (χ4v) is 4.46. The molecule has 0 aliphatic carbocycles. The highest BCUT2D eigenvalue weighted by Crippen LogP contribution is 2.21. The number of nitrogens with one attached hydrogen (secondary N) is 2. The molecule has 166 valence electrons. The van der Waals surface area contributed by atoms with Gasteiger partial charge in [-0.3, -0.25) is 15.0 Å². The lowest BCUT2D eigenvalue weighted by molar-refractivity contribution is -0.120. The lowest BCUT2D eigenvalue weighted by atomic mass is 9.95. The summed E-state index contributed by atoms with van der Waals surface area (Å²) >= 11 is 0. The van der Waals surface area contributed by atoms with E-state index in [1.54, 1.807) is 0 Å². The fourth-order valence-electron chi connectivity index (χ4n) is 4.46. The predicted molar refractivity (Wildman–Crippen MR) is 117 cm³/mol. The Morgan fingerprint density at radius 2 is 1.70 bits per heavy atom. The minimum Gasteiger partial charge on any atom is -0.373 e. The Hall–Kier alpha value is -1.96. The molecule has 2 N–H and O–H groups in total. The van der Waals surface area contributed by atoms with E-state index in [1.165, 1.54) is 12.8 Å². The van der Waals surface area contributed by atoms with Gasteiger partial charge in [0, 0.05) is 39.1 Å².